The predicted molar refractivity (Wildman–Crippen MR) is 216 cm³/mol. The number of nitrogens with one attached hydrogen (secondary N) is 2. The molecule has 4 amide bonds. The molecule has 8 rings (SSSR count). The van der Waals surface area contributed by atoms with Crippen LogP contribution in [-0.4, -0.2) is 77.6 Å². The van der Waals surface area contributed by atoms with Crippen molar-refractivity contribution < 1.29 is 33.8 Å². The fourth-order valence-corrected chi connectivity index (χ4v) is 9.56. The van der Waals surface area contributed by atoms with E-state index in [-0.39, 0.29) is 25.7 Å². The minimum Gasteiger partial charge on any atom is -0.491 e. The number of carbonyl (C=O) groups excluding carboxylic acids is 4. The average molecular weight is 782 g/mol. The normalized spacial score (nSPS) is 25.3. The van der Waals surface area contributed by atoms with Crippen molar-refractivity contribution >= 4 is 29.5 Å². The van der Waals surface area contributed by atoms with E-state index >= 15 is 14.4 Å². The first-order valence-corrected chi connectivity index (χ1v) is 20.0. The van der Waals surface area contributed by atoms with Gasteiger partial charge in [0.15, 0.2) is 0 Å². The van der Waals surface area contributed by atoms with Gasteiger partial charge >= 0.3 is 12.0 Å². The molecule has 0 radical (unpaired) electrons. The molecular formula is C46H47N5O7. The van der Waals surface area contributed by atoms with E-state index < -0.39 is 53.5 Å². The second-order valence-corrected chi connectivity index (χ2v) is 15.2. The molecule has 0 aliphatic carbocycles. The Balaban J connectivity index is 1.43. The fraction of sp³-hybridized carbons (Fsp3) is 0.348. The first-order chi connectivity index (χ1) is 28.3. The number of morpholine rings is 1. The molecule has 0 aromatic heterocycles. The Hall–Kier alpha value is -6.16. The zero-order chi connectivity index (χ0) is 40.2. The number of nitrogens with zero attached hydrogens (tertiary/aromatic N) is 2. The predicted octanol–water partition coefficient (Wildman–Crippen LogP) is 5.14. The molecule has 3 saturated heterocycles. The molecule has 6 atom stereocenters. The zero-order valence-electron chi connectivity index (χ0n) is 32.1. The molecular weight excluding hydrogens is 735 g/mol. The van der Waals surface area contributed by atoms with Gasteiger partial charge in [-0.1, -0.05) is 110 Å². The maximum absolute atomic E-state index is 15.7. The third kappa shape index (κ3) is 6.94. The Morgan fingerprint density at radius 3 is 2.26 bits per heavy atom. The van der Waals surface area contributed by atoms with Crippen molar-refractivity contribution in [2.75, 3.05) is 38.2 Å². The van der Waals surface area contributed by atoms with Crippen LogP contribution >= 0.6 is 0 Å². The number of ether oxygens (including phenoxy) is 2. The number of rotatable bonds is 8. The Kier molecular flexibility index (Phi) is 11.2. The maximum Gasteiger partial charge on any atom is 0.324 e. The lowest BCUT2D eigenvalue weighted by Crippen LogP contribution is -2.55. The van der Waals surface area contributed by atoms with E-state index in [9.17, 15) is 9.90 Å². The van der Waals surface area contributed by atoms with Crippen LogP contribution in [0.3, 0.4) is 0 Å². The van der Waals surface area contributed by atoms with E-state index in [4.69, 9.17) is 15.2 Å². The monoisotopic (exact) mass is 781 g/mol. The van der Waals surface area contributed by atoms with E-state index in [1.165, 1.54) is 0 Å². The second-order valence-electron chi connectivity index (χ2n) is 15.2. The lowest BCUT2D eigenvalue weighted by atomic mass is 9.64. The standard InChI is InChI=1S/C46H47N5O7/c47-45(56)48-24-14-15-30-22-23-35-34(29-30)46(44(55)49-35)37(42(53)50-25-12-2-1-3-13-26-50)39-43(54)58-40(32-18-8-5-9-19-32)38(31-16-6-4-7-17-31)51(39)41(46)33-20-10-11-21-36(33)57-28-27-52/h4-11,16-23,29,37-41,52H,1-3,12-13,24-28H2,(H,49,55)(H3,47,48,56)/t37-,38-,39-,40+,41+,46-/m0/s1. The van der Waals surface area contributed by atoms with Crippen LogP contribution in [0.15, 0.2) is 103 Å². The molecule has 58 heavy (non-hydrogen) atoms. The van der Waals surface area contributed by atoms with Gasteiger partial charge in [-0.25, -0.2) is 4.79 Å². The molecule has 0 saturated carbocycles. The molecule has 0 unspecified atom stereocenters. The molecule has 1 spiro atoms. The number of likely N-dealkylation sites (tertiary alicyclic amines) is 1. The topological polar surface area (TPSA) is 164 Å². The van der Waals surface area contributed by atoms with E-state index in [0.717, 1.165) is 43.2 Å². The number of benzene rings is 4. The number of aliphatic hydroxyl groups excluding tert-OH is 1. The van der Waals surface area contributed by atoms with Gasteiger partial charge in [0, 0.05) is 29.9 Å². The summed E-state index contributed by atoms with van der Waals surface area (Å²) in [5.41, 5.74) is 7.30. The number of aliphatic hydroxyl groups is 1. The second kappa shape index (κ2) is 16.7. The molecule has 12 nitrogen and oxygen atoms in total. The highest BCUT2D eigenvalue weighted by molar-refractivity contribution is 6.12. The Labute approximate surface area is 337 Å². The highest BCUT2D eigenvalue weighted by Gasteiger charge is 2.74. The van der Waals surface area contributed by atoms with Gasteiger partial charge in [0.1, 0.15) is 29.9 Å². The number of carbonyl (C=O) groups is 4. The minimum atomic E-state index is -1.71. The van der Waals surface area contributed by atoms with Crippen molar-refractivity contribution in [3.63, 3.8) is 0 Å². The van der Waals surface area contributed by atoms with Gasteiger partial charge < -0.3 is 35.8 Å². The number of cyclic esters (lactones) is 1. The average Bonchev–Trinajstić information content (AvgIpc) is 3.70. The van der Waals surface area contributed by atoms with Crippen LogP contribution in [0.1, 0.15) is 78.1 Å². The number of esters is 1. The summed E-state index contributed by atoms with van der Waals surface area (Å²) >= 11 is 0. The molecule has 4 aliphatic rings. The number of nitrogens with two attached hydrogens (primary N) is 1. The summed E-state index contributed by atoms with van der Waals surface area (Å²) in [7, 11) is 0. The van der Waals surface area contributed by atoms with Crippen molar-refractivity contribution in [1.82, 2.24) is 15.1 Å². The highest BCUT2D eigenvalue weighted by Crippen LogP contribution is 2.66. The highest BCUT2D eigenvalue weighted by atomic mass is 16.6. The Bertz CT molecular complexity index is 2230. The molecule has 12 heteroatoms. The van der Waals surface area contributed by atoms with Gasteiger partial charge in [0.2, 0.25) is 11.8 Å². The first-order valence-electron chi connectivity index (χ1n) is 20.0. The van der Waals surface area contributed by atoms with Crippen LogP contribution in [0.5, 0.6) is 5.75 Å². The van der Waals surface area contributed by atoms with Crippen molar-refractivity contribution in [2.24, 2.45) is 11.7 Å². The third-order valence-electron chi connectivity index (χ3n) is 11.9. The number of anilines is 1. The van der Waals surface area contributed by atoms with Gasteiger partial charge in [0.25, 0.3) is 0 Å². The summed E-state index contributed by atoms with van der Waals surface area (Å²) in [6, 6.07) is 28.5. The lowest BCUT2D eigenvalue weighted by Gasteiger charge is -2.46. The SMILES string of the molecule is NC(=O)NCC#Cc1ccc2c(c1)[C@]1(C(=O)N2)[C@H](C(=O)N2CCCCCCC2)[C@H]2C(=O)O[C@H](c3ccccc3)[C@H](c3ccccc3)N2[C@@H]1c1ccccc1OCCO. The fourth-order valence-electron chi connectivity index (χ4n) is 9.56. The molecule has 5 N–H and O–H groups in total. The number of amides is 4. The number of fused-ring (bicyclic) bond motifs is 3. The maximum atomic E-state index is 15.7. The third-order valence-corrected chi connectivity index (χ3v) is 11.9. The molecule has 4 aliphatic heterocycles. The van der Waals surface area contributed by atoms with Crippen molar-refractivity contribution in [3.05, 3.63) is 131 Å². The van der Waals surface area contributed by atoms with Crippen LogP contribution in [-0.2, 0) is 24.5 Å². The summed E-state index contributed by atoms with van der Waals surface area (Å²) < 4.78 is 12.8. The number of para-hydroxylation sites is 1. The van der Waals surface area contributed by atoms with E-state index in [0.29, 0.717) is 41.2 Å². The number of hydrogen-bond donors (Lipinski definition) is 4. The molecule has 4 aromatic carbocycles. The first kappa shape index (κ1) is 38.7. The van der Waals surface area contributed by atoms with E-state index in [1.54, 1.807) is 18.2 Å². The summed E-state index contributed by atoms with van der Waals surface area (Å²) in [6.07, 6.45) is 3.82. The number of primary amides is 1. The van der Waals surface area contributed by atoms with Crippen LogP contribution in [0, 0.1) is 17.8 Å². The summed E-state index contributed by atoms with van der Waals surface area (Å²) in [5, 5.41) is 15.6. The quantitative estimate of drug-likeness (QED) is 0.141. The summed E-state index contributed by atoms with van der Waals surface area (Å²) in [5.74, 6) is 3.87. The Morgan fingerprint density at radius 1 is 0.879 bits per heavy atom. The van der Waals surface area contributed by atoms with E-state index in [2.05, 4.69) is 27.4 Å². The van der Waals surface area contributed by atoms with Crippen molar-refractivity contribution in [2.45, 2.75) is 61.7 Å². The minimum absolute atomic E-state index is 0.00430. The Morgan fingerprint density at radius 2 is 1.55 bits per heavy atom. The van der Waals surface area contributed by atoms with Crippen molar-refractivity contribution in [1.29, 1.82) is 0 Å². The lowest BCUT2D eigenvalue weighted by molar-refractivity contribution is -0.179. The van der Waals surface area contributed by atoms with Gasteiger partial charge in [-0.2, -0.15) is 0 Å². The summed E-state index contributed by atoms with van der Waals surface area (Å²) in [4.78, 5) is 61.7. The molecule has 4 heterocycles. The smallest absolute Gasteiger partial charge is 0.324 e. The van der Waals surface area contributed by atoms with Gasteiger partial charge in [-0.3, -0.25) is 19.3 Å². The molecule has 3 fully saturated rings. The van der Waals surface area contributed by atoms with Crippen molar-refractivity contribution in [3.8, 4) is 17.6 Å². The van der Waals surface area contributed by atoms with Crippen LogP contribution in [0.4, 0.5) is 10.5 Å². The number of hydrogen-bond acceptors (Lipinski definition) is 8. The van der Waals surface area contributed by atoms with E-state index in [1.807, 2.05) is 89.8 Å². The largest absolute Gasteiger partial charge is 0.491 e. The van der Waals surface area contributed by atoms with Crippen LogP contribution in [0.2, 0.25) is 0 Å². The van der Waals surface area contributed by atoms with Gasteiger partial charge in [-0.05, 0) is 53.8 Å². The zero-order valence-corrected chi connectivity index (χ0v) is 32.1. The molecule has 4 aromatic rings. The van der Waals surface area contributed by atoms with Crippen LogP contribution in [0.25, 0.3) is 0 Å². The molecule has 298 valence electrons. The van der Waals surface area contributed by atoms with Gasteiger partial charge in [-0.15, -0.1) is 0 Å². The molecule has 0 bridgehead atoms. The summed E-state index contributed by atoms with van der Waals surface area (Å²) in [6.45, 7) is 0.724. The van der Waals surface area contributed by atoms with Crippen LogP contribution < -0.4 is 21.1 Å². The number of urea groups is 1. The van der Waals surface area contributed by atoms with Gasteiger partial charge in [0.05, 0.1) is 31.2 Å².